The van der Waals surface area contributed by atoms with Crippen molar-refractivity contribution in [2.75, 3.05) is 0 Å². The Hall–Kier alpha value is -1.73. The largest absolute Gasteiger partial charge is 0.548 e. The van der Waals surface area contributed by atoms with E-state index in [-0.39, 0.29) is 10.2 Å². The van der Waals surface area contributed by atoms with Gasteiger partial charge >= 0.3 is 0 Å². The molecule has 0 aliphatic carbocycles. The molecule has 1 saturated heterocycles. The summed E-state index contributed by atoms with van der Waals surface area (Å²) in [5.74, 6) is -2.02. The maximum absolute atomic E-state index is 12.4. The molecular weight excluding hydrogens is 308 g/mol. The quantitative estimate of drug-likeness (QED) is 0.610. The number of hydrogen-bond donors (Lipinski definition) is 0. The average Bonchev–Trinajstić information content (AvgIpc) is 2.67. The Morgan fingerprint density at radius 1 is 1.48 bits per heavy atom. The number of carboxylic acid groups (broad SMARTS) is 1. The highest BCUT2D eigenvalue weighted by Gasteiger charge is 2.39. The van der Waals surface area contributed by atoms with Crippen LogP contribution in [0.4, 0.5) is 0 Å². The fourth-order valence-electron chi connectivity index (χ4n) is 1.99. The second-order valence-corrected chi connectivity index (χ2v) is 6.49. The van der Waals surface area contributed by atoms with Crippen LogP contribution in [-0.2, 0) is 9.59 Å². The molecule has 2 heterocycles. The number of hydrogen-bond acceptors (Lipinski definition) is 6. The topological polar surface area (TPSA) is 73.3 Å². The van der Waals surface area contributed by atoms with Crippen LogP contribution in [-0.4, -0.2) is 32.1 Å². The van der Waals surface area contributed by atoms with Crippen molar-refractivity contribution < 1.29 is 14.7 Å². The molecule has 1 aliphatic rings. The van der Waals surface area contributed by atoms with E-state index in [1.54, 1.807) is 44.3 Å². The first-order chi connectivity index (χ1) is 9.91. The van der Waals surface area contributed by atoms with Gasteiger partial charge in [-0.2, -0.15) is 0 Å². The van der Waals surface area contributed by atoms with Crippen LogP contribution >= 0.6 is 24.0 Å². The number of carbonyl (C=O) groups excluding carboxylic acids is 2. The minimum absolute atomic E-state index is 0.227. The molecule has 1 fully saturated rings. The number of aliphatic carboxylic acids is 1. The Morgan fingerprint density at radius 2 is 2.19 bits per heavy atom. The predicted octanol–water partition coefficient (Wildman–Crippen LogP) is 1.06. The Morgan fingerprint density at radius 3 is 2.71 bits per heavy atom. The third kappa shape index (κ3) is 3.30. The Bertz CT molecular complexity index is 614. The highest BCUT2D eigenvalue weighted by Crippen LogP contribution is 2.35. The lowest BCUT2D eigenvalue weighted by molar-refractivity contribution is -0.311. The van der Waals surface area contributed by atoms with Gasteiger partial charge in [0.1, 0.15) is 4.32 Å². The molecule has 0 saturated carbocycles. The molecule has 0 spiro atoms. The van der Waals surface area contributed by atoms with E-state index in [2.05, 4.69) is 4.98 Å². The number of nitrogens with zero attached hydrogens (tertiary/aromatic N) is 2. The van der Waals surface area contributed by atoms with Gasteiger partial charge in [-0.1, -0.05) is 43.9 Å². The molecule has 1 aromatic heterocycles. The summed E-state index contributed by atoms with van der Waals surface area (Å²) >= 11 is 6.22. The van der Waals surface area contributed by atoms with Crippen LogP contribution < -0.4 is 5.11 Å². The van der Waals surface area contributed by atoms with Crippen molar-refractivity contribution in [1.29, 1.82) is 0 Å². The zero-order valence-electron chi connectivity index (χ0n) is 11.5. The monoisotopic (exact) mass is 321 g/mol. The van der Waals surface area contributed by atoms with Crippen molar-refractivity contribution in [3.8, 4) is 0 Å². The molecule has 1 atom stereocenters. The van der Waals surface area contributed by atoms with Gasteiger partial charge < -0.3 is 9.90 Å². The zero-order chi connectivity index (χ0) is 15.6. The zero-order valence-corrected chi connectivity index (χ0v) is 13.1. The molecule has 0 aromatic carbocycles. The Balaban J connectivity index is 2.32. The molecule has 110 valence electrons. The highest BCUT2D eigenvalue weighted by molar-refractivity contribution is 8.26. The number of rotatable bonds is 4. The van der Waals surface area contributed by atoms with E-state index >= 15 is 0 Å². The van der Waals surface area contributed by atoms with E-state index in [9.17, 15) is 14.7 Å². The first kappa shape index (κ1) is 15.7. The highest BCUT2D eigenvalue weighted by atomic mass is 32.2. The van der Waals surface area contributed by atoms with Crippen LogP contribution in [0.5, 0.6) is 0 Å². The average molecular weight is 321 g/mol. The van der Waals surface area contributed by atoms with Crippen LogP contribution in [0.2, 0.25) is 0 Å². The molecule has 1 aromatic rings. The smallest absolute Gasteiger partial charge is 0.266 e. The summed E-state index contributed by atoms with van der Waals surface area (Å²) in [6.45, 7) is 3.42. The van der Waals surface area contributed by atoms with Crippen LogP contribution in [0, 0.1) is 5.92 Å². The molecule has 1 amide bonds. The van der Waals surface area contributed by atoms with Crippen LogP contribution in [0.1, 0.15) is 19.5 Å². The molecule has 21 heavy (non-hydrogen) atoms. The van der Waals surface area contributed by atoms with Gasteiger partial charge in [0, 0.05) is 6.20 Å². The molecule has 1 aliphatic heterocycles. The van der Waals surface area contributed by atoms with Crippen LogP contribution in [0.25, 0.3) is 6.08 Å². The van der Waals surface area contributed by atoms with Crippen LogP contribution in [0.15, 0.2) is 29.3 Å². The van der Waals surface area contributed by atoms with Crippen molar-refractivity contribution in [3.63, 3.8) is 0 Å². The molecule has 0 radical (unpaired) electrons. The van der Waals surface area contributed by atoms with Gasteiger partial charge in [0.25, 0.3) is 5.91 Å². The lowest BCUT2D eigenvalue weighted by Crippen LogP contribution is -2.52. The number of aromatic nitrogens is 1. The lowest BCUT2D eigenvalue weighted by atomic mass is 10.0. The summed E-state index contributed by atoms with van der Waals surface area (Å²) in [5.41, 5.74) is 0.618. The predicted molar refractivity (Wildman–Crippen MR) is 82.9 cm³/mol. The number of pyridine rings is 1. The van der Waals surface area contributed by atoms with E-state index < -0.39 is 17.9 Å². The van der Waals surface area contributed by atoms with Crippen molar-refractivity contribution >= 4 is 46.3 Å². The number of thioether (sulfide) groups is 1. The number of carboxylic acids is 1. The molecule has 2 rings (SSSR count). The Labute approximate surface area is 132 Å². The van der Waals surface area contributed by atoms with Gasteiger partial charge in [0.05, 0.1) is 22.6 Å². The standard InChI is InChI=1S/C14H14N2O3S2/c1-8(2)11(13(18)19)16-12(17)10(21-14(16)20)7-9-5-3-4-6-15-9/h3-8,11H,1-2H3,(H,18,19)/p-1. The summed E-state index contributed by atoms with van der Waals surface area (Å²) in [6, 6.07) is 4.27. The second kappa shape index (κ2) is 6.36. The van der Waals surface area contributed by atoms with E-state index in [0.29, 0.717) is 10.6 Å². The molecule has 1 unspecified atom stereocenters. The maximum atomic E-state index is 12.4. The number of amides is 1. The van der Waals surface area contributed by atoms with Crippen molar-refractivity contribution in [3.05, 3.63) is 35.0 Å². The van der Waals surface area contributed by atoms with Crippen molar-refractivity contribution in [2.24, 2.45) is 5.92 Å². The van der Waals surface area contributed by atoms with Gasteiger partial charge in [-0.15, -0.1) is 0 Å². The maximum Gasteiger partial charge on any atom is 0.266 e. The minimum Gasteiger partial charge on any atom is -0.548 e. The van der Waals surface area contributed by atoms with Gasteiger partial charge in [0.15, 0.2) is 0 Å². The van der Waals surface area contributed by atoms with Crippen molar-refractivity contribution in [2.45, 2.75) is 19.9 Å². The SMILES string of the molecule is CC(C)C(C(=O)[O-])N1C(=O)C(=Cc2ccccn2)SC1=S. The first-order valence-corrected chi connectivity index (χ1v) is 7.53. The van der Waals surface area contributed by atoms with Gasteiger partial charge in [-0.25, -0.2) is 0 Å². The number of carbonyl (C=O) groups is 2. The minimum atomic E-state index is -1.31. The summed E-state index contributed by atoms with van der Waals surface area (Å²) in [7, 11) is 0. The molecule has 7 heteroatoms. The van der Waals surface area contributed by atoms with E-state index in [4.69, 9.17) is 12.2 Å². The molecule has 0 N–H and O–H groups in total. The summed E-state index contributed by atoms with van der Waals surface area (Å²) in [4.78, 5) is 29.3. The summed E-state index contributed by atoms with van der Waals surface area (Å²) < 4.78 is 0.227. The summed E-state index contributed by atoms with van der Waals surface area (Å²) in [6.07, 6.45) is 3.22. The van der Waals surface area contributed by atoms with Gasteiger partial charge in [-0.05, 0) is 24.1 Å². The lowest BCUT2D eigenvalue weighted by Gasteiger charge is -2.30. The molecule has 5 nitrogen and oxygen atoms in total. The normalized spacial score (nSPS) is 18.6. The molecule has 0 bridgehead atoms. The Kier molecular flexibility index (Phi) is 4.74. The van der Waals surface area contributed by atoms with E-state index in [1.165, 1.54) is 0 Å². The second-order valence-electron chi connectivity index (χ2n) is 4.81. The third-order valence-corrected chi connectivity index (χ3v) is 4.27. The van der Waals surface area contributed by atoms with Gasteiger partial charge in [-0.3, -0.25) is 14.7 Å². The van der Waals surface area contributed by atoms with Gasteiger partial charge in [0.2, 0.25) is 0 Å². The first-order valence-electron chi connectivity index (χ1n) is 6.30. The van der Waals surface area contributed by atoms with E-state index in [0.717, 1.165) is 16.7 Å². The fourth-order valence-corrected chi connectivity index (χ4v) is 3.31. The summed E-state index contributed by atoms with van der Waals surface area (Å²) in [5, 5.41) is 11.3. The third-order valence-electron chi connectivity index (χ3n) is 2.94. The van der Waals surface area contributed by atoms with E-state index in [1.807, 2.05) is 0 Å². The van der Waals surface area contributed by atoms with Crippen molar-refractivity contribution in [1.82, 2.24) is 9.88 Å². The molecular formula is C14H13N2O3S2-. The van der Waals surface area contributed by atoms with Crippen LogP contribution in [0.3, 0.4) is 0 Å². The number of thiocarbonyl (C=S) groups is 1. The fraction of sp³-hybridized carbons (Fsp3) is 0.286.